The van der Waals surface area contributed by atoms with Crippen molar-refractivity contribution in [3.63, 3.8) is 0 Å². The molecule has 0 aromatic rings. The van der Waals surface area contributed by atoms with Crippen LogP contribution in [0.3, 0.4) is 0 Å². The molecule has 0 N–H and O–H groups in total. The summed E-state index contributed by atoms with van der Waals surface area (Å²) in [4.78, 5) is 61.6. The summed E-state index contributed by atoms with van der Waals surface area (Å²) in [5.74, 6) is -13.3. The Bertz CT molecular complexity index is 1360. The quantitative estimate of drug-likeness (QED) is 0.169. The normalized spacial score (nSPS) is 35.0. The molecule has 250 valence electrons. The first-order valence-electron chi connectivity index (χ1n) is 13.7. The minimum absolute atomic E-state index is 0.00596. The first-order chi connectivity index (χ1) is 20.4. The molecule has 4 aliphatic rings. The predicted molar refractivity (Wildman–Crippen MR) is 129 cm³/mol. The van der Waals surface area contributed by atoms with Gasteiger partial charge in [0.25, 0.3) is 0 Å². The first kappa shape index (κ1) is 34.5. The van der Waals surface area contributed by atoms with Crippen LogP contribution in [0.15, 0.2) is 23.8 Å². The summed E-state index contributed by atoms with van der Waals surface area (Å²) in [6.45, 7) is 4.52. The number of hydrogen-bond acceptors (Lipinski definition) is 8. The van der Waals surface area contributed by atoms with Gasteiger partial charge >= 0.3 is 36.4 Å². The van der Waals surface area contributed by atoms with Crippen LogP contribution in [0.25, 0.3) is 0 Å². The molecule has 0 spiro atoms. The third kappa shape index (κ3) is 5.64. The Hall–Kier alpha value is -3.40. The van der Waals surface area contributed by atoms with E-state index in [0.29, 0.717) is 5.57 Å². The molecule has 0 radical (unpaired) electrons. The Kier molecular flexibility index (Phi) is 8.31. The smallest absolute Gasteiger partial charge is 0.455 e. The zero-order valence-corrected chi connectivity index (χ0v) is 23.7. The van der Waals surface area contributed by atoms with Crippen LogP contribution in [0.1, 0.15) is 52.4 Å². The van der Waals surface area contributed by atoms with Crippen LogP contribution < -0.4 is 0 Å². The van der Waals surface area contributed by atoms with Crippen molar-refractivity contribution in [2.75, 3.05) is 6.61 Å². The lowest BCUT2D eigenvalue weighted by atomic mass is 9.45. The highest BCUT2D eigenvalue weighted by Gasteiger charge is 2.74. The zero-order chi connectivity index (χ0) is 34.1. The van der Waals surface area contributed by atoms with Gasteiger partial charge < -0.3 is 14.2 Å². The van der Waals surface area contributed by atoms with Crippen molar-refractivity contribution in [1.29, 1.82) is 0 Å². The van der Waals surface area contributed by atoms with E-state index in [1.165, 1.54) is 6.08 Å². The molecule has 0 amide bonds. The SMILES string of the molecule is C=C1C[C@H]2[C@@H]3CCC4=CC(=O)CC[C@]4(C)[C@H]3C(OC(=O)C(F)(F)F)C[C@]2(C)[C@@]1(OC(=O)C(F)(F)F)C(=O)COC(=O)C(F)(F)F. The van der Waals surface area contributed by atoms with Crippen molar-refractivity contribution < 1.29 is 77.7 Å². The highest BCUT2D eigenvalue weighted by Crippen LogP contribution is 2.70. The highest BCUT2D eigenvalue weighted by molar-refractivity contribution is 5.97. The Morgan fingerprint density at radius 2 is 1.49 bits per heavy atom. The van der Waals surface area contributed by atoms with Gasteiger partial charge in [0.15, 0.2) is 12.4 Å². The van der Waals surface area contributed by atoms with Crippen LogP contribution >= 0.6 is 0 Å². The Balaban J connectivity index is 1.87. The second-order valence-corrected chi connectivity index (χ2v) is 12.3. The molecule has 8 nitrogen and oxygen atoms in total. The summed E-state index contributed by atoms with van der Waals surface area (Å²) >= 11 is 0. The molecule has 4 rings (SSSR count). The molecule has 0 bridgehead atoms. The molecular weight excluding hydrogens is 635 g/mol. The fourth-order valence-corrected chi connectivity index (χ4v) is 8.18. The molecule has 7 atom stereocenters. The molecule has 0 saturated heterocycles. The van der Waals surface area contributed by atoms with Gasteiger partial charge in [-0.05, 0) is 61.0 Å². The zero-order valence-electron chi connectivity index (χ0n) is 23.7. The Labute approximate surface area is 249 Å². The minimum Gasteiger partial charge on any atom is -0.455 e. The number of alkyl halides is 9. The van der Waals surface area contributed by atoms with Gasteiger partial charge in [0.2, 0.25) is 11.4 Å². The molecule has 0 aromatic carbocycles. The molecule has 0 aliphatic heterocycles. The number of halogens is 9. The number of esters is 3. The summed E-state index contributed by atoms with van der Waals surface area (Å²) in [7, 11) is 0. The average molecular weight is 662 g/mol. The number of Topliss-reactive ketones (excluding diaryl/α,β-unsaturated/α-hetero) is 1. The van der Waals surface area contributed by atoms with Crippen molar-refractivity contribution >= 4 is 29.5 Å². The number of carbonyl (C=O) groups is 5. The molecule has 45 heavy (non-hydrogen) atoms. The second kappa shape index (κ2) is 10.9. The van der Waals surface area contributed by atoms with Gasteiger partial charge in [0.1, 0.15) is 6.10 Å². The van der Waals surface area contributed by atoms with Gasteiger partial charge in [-0.25, -0.2) is 14.4 Å². The number of fused-ring (bicyclic) bond motifs is 5. The van der Waals surface area contributed by atoms with Crippen LogP contribution in [0.2, 0.25) is 0 Å². The van der Waals surface area contributed by atoms with E-state index < -0.39 is 101 Å². The maximum absolute atomic E-state index is 13.6. The molecule has 17 heteroatoms. The predicted octanol–water partition coefficient (Wildman–Crippen LogP) is 5.29. The lowest BCUT2D eigenvalue weighted by Crippen LogP contribution is -2.64. The third-order valence-electron chi connectivity index (χ3n) is 9.96. The number of hydrogen-bond donors (Lipinski definition) is 0. The van der Waals surface area contributed by atoms with Gasteiger partial charge in [-0.1, -0.05) is 26.0 Å². The molecular formula is C28H27F9O8. The van der Waals surface area contributed by atoms with Crippen molar-refractivity contribution in [2.45, 2.75) is 82.6 Å². The van der Waals surface area contributed by atoms with E-state index in [0.717, 1.165) is 6.92 Å². The summed E-state index contributed by atoms with van der Waals surface area (Å²) in [5.41, 5.74) is -6.28. The van der Waals surface area contributed by atoms with Crippen LogP contribution in [-0.2, 0) is 38.2 Å². The second-order valence-electron chi connectivity index (χ2n) is 12.3. The molecule has 3 fully saturated rings. The summed E-state index contributed by atoms with van der Waals surface area (Å²) in [6.07, 6.45) is -18.1. The lowest BCUT2D eigenvalue weighted by molar-refractivity contribution is -0.238. The number of allylic oxidation sites excluding steroid dienone is 1. The van der Waals surface area contributed by atoms with E-state index in [1.54, 1.807) is 6.92 Å². The van der Waals surface area contributed by atoms with E-state index in [4.69, 9.17) is 9.47 Å². The number of rotatable bonds is 5. The first-order valence-corrected chi connectivity index (χ1v) is 13.7. The van der Waals surface area contributed by atoms with Crippen LogP contribution in [0.4, 0.5) is 39.5 Å². The van der Waals surface area contributed by atoms with E-state index >= 15 is 0 Å². The Morgan fingerprint density at radius 3 is 2.04 bits per heavy atom. The third-order valence-corrected chi connectivity index (χ3v) is 9.96. The molecule has 0 heterocycles. The van der Waals surface area contributed by atoms with Gasteiger partial charge in [-0.3, -0.25) is 9.59 Å². The highest BCUT2D eigenvalue weighted by atomic mass is 19.4. The number of carbonyl (C=O) groups excluding carboxylic acids is 5. The van der Waals surface area contributed by atoms with E-state index in [-0.39, 0.29) is 37.9 Å². The summed E-state index contributed by atoms with van der Waals surface area (Å²) in [5, 5.41) is 0. The largest absolute Gasteiger partial charge is 0.490 e. The van der Waals surface area contributed by atoms with Crippen molar-refractivity contribution in [1.82, 2.24) is 0 Å². The monoisotopic (exact) mass is 662 g/mol. The van der Waals surface area contributed by atoms with E-state index in [1.807, 2.05) is 0 Å². The summed E-state index contributed by atoms with van der Waals surface area (Å²) in [6, 6.07) is 0. The fourth-order valence-electron chi connectivity index (χ4n) is 8.18. The van der Waals surface area contributed by atoms with Crippen LogP contribution in [0.5, 0.6) is 0 Å². The van der Waals surface area contributed by atoms with Crippen molar-refractivity contribution in [2.24, 2.45) is 28.6 Å². The molecule has 4 aliphatic carbocycles. The maximum atomic E-state index is 13.6. The van der Waals surface area contributed by atoms with Crippen molar-refractivity contribution in [3.8, 4) is 0 Å². The van der Waals surface area contributed by atoms with Gasteiger partial charge in [-0.15, -0.1) is 0 Å². The average Bonchev–Trinajstić information content (AvgIpc) is 3.12. The Morgan fingerprint density at radius 1 is 0.911 bits per heavy atom. The van der Waals surface area contributed by atoms with Crippen molar-refractivity contribution in [3.05, 3.63) is 23.8 Å². The lowest BCUT2D eigenvalue weighted by Gasteiger charge is -2.61. The van der Waals surface area contributed by atoms with Crippen LogP contribution in [-0.4, -0.2) is 66.3 Å². The molecule has 1 unspecified atom stereocenters. The fraction of sp³-hybridized carbons (Fsp3) is 0.679. The molecule has 0 aromatic heterocycles. The van der Waals surface area contributed by atoms with Gasteiger partial charge in [0.05, 0.1) is 0 Å². The minimum atomic E-state index is -5.75. The molecule has 3 saturated carbocycles. The van der Waals surface area contributed by atoms with Gasteiger partial charge in [0, 0.05) is 17.8 Å². The van der Waals surface area contributed by atoms with E-state index in [9.17, 15) is 63.5 Å². The maximum Gasteiger partial charge on any atom is 0.490 e. The van der Waals surface area contributed by atoms with Gasteiger partial charge in [-0.2, -0.15) is 39.5 Å². The standard InChI is InChI=1S/C28H27F9O8/c1-12-8-16-15-5-4-13-9-14(38)6-7-23(13,2)19(15)17(44-21(41)27(32,33)34)10-24(16,3)25(12,45-22(42)28(35,36)37)18(39)11-43-20(40)26(29,30)31/h9,15-17,19H,1,4-8,10-11H2,2-3H3/t15-,16-,17?,19+,23-,24-,25-/m0/s1. The van der Waals surface area contributed by atoms with Crippen LogP contribution in [0, 0.1) is 28.6 Å². The number of ether oxygens (including phenoxy) is 3. The van der Waals surface area contributed by atoms with E-state index in [2.05, 4.69) is 11.3 Å². The number of ketones is 2. The summed E-state index contributed by atoms with van der Waals surface area (Å²) < 4.78 is 133. The topological polar surface area (TPSA) is 113 Å².